The highest BCUT2D eigenvalue weighted by atomic mass is 32.1. The van der Waals surface area contributed by atoms with Crippen LogP contribution in [0, 0.1) is 5.82 Å². The lowest BCUT2D eigenvalue weighted by Gasteiger charge is -2.24. The molecule has 1 aromatic heterocycles. The topological polar surface area (TPSA) is 98.2 Å². The van der Waals surface area contributed by atoms with Crippen LogP contribution >= 0.6 is 11.3 Å². The van der Waals surface area contributed by atoms with Crippen molar-refractivity contribution in [2.45, 2.75) is 6.04 Å². The molecule has 0 radical (unpaired) electrons. The molecule has 10 heteroatoms. The van der Waals surface area contributed by atoms with Gasteiger partial charge < -0.3 is 19.3 Å². The first-order valence-electron chi connectivity index (χ1n) is 11.1. The fourth-order valence-corrected chi connectivity index (χ4v) is 5.36. The van der Waals surface area contributed by atoms with Crippen molar-refractivity contribution in [2.75, 3.05) is 26.2 Å². The summed E-state index contributed by atoms with van der Waals surface area (Å²) in [5.74, 6) is -1.63. The summed E-state index contributed by atoms with van der Waals surface area (Å²) in [4.78, 5) is 32.6. The van der Waals surface area contributed by atoms with Crippen molar-refractivity contribution in [3.05, 3.63) is 83.2 Å². The van der Waals surface area contributed by atoms with Crippen LogP contribution in [0.4, 0.5) is 9.52 Å². The number of thiazole rings is 1. The standard InChI is InChI=1S/C27H21FN2O6S/c1-34-18-11-15(12-19(35-2)25(18)36-3)22-21(23(31)14-7-5-4-6-8-14)24(32)26(33)30(22)27-29-17-10-9-16(28)13-20(17)37-27/h4-13,22,31H,1-3H3/b23-21+. The lowest BCUT2D eigenvalue weighted by Crippen LogP contribution is -2.29. The number of aromatic nitrogens is 1. The van der Waals surface area contributed by atoms with E-state index in [9.17, 15) is 19.1 Å². The van der Waals surface area contributed by atoms with Gasteiger partial charge in [0.1, 0.15) is 11.6 Å². The number of methoxy groups -OCH3 is 3. The first-order valence-corrected chi connectivity index (χ1v) is 11.9. The predicted octanol–water partition coefficient (Wildman–Crippen LogP) is 5.09. The Morgan fingerprint density at radius 3 is 2.27 bits per heavy atom. The van der Waals surface area contributed by atoms with Gasteiger partial charge in [-0.1, -0.05) is 41.7 Å². The number of carbonyl (C=O) groups excluding carboxylic acids is 2. The fraction of sp³-hybridized carbons (Fsp3) is 0.148. The van der Waals surface area contributed by atoms with Gasteiger partial charge in [0.25, 0.3) is 5.78 Å². The zero-order valence-corrected chi connectivity index (χ0v) is 20.8. The van der Waals surface area contributed by atoms with Gasteiger partial charge in [-0.05, 0) is 35.9 Å². The molecular formula is C27H21FN2O6S. The lowest BCUT2D eigenvalue weighted by molar-refractivity contribution is -0.132. The maximum atomic E-state index is 13.9. The van der Waals surface area contributed by atoms with Crippen molar-refractivity contribution < 1.29 is 33.3 Å². The number of carbonyl (C=O) groups is 2. The summed E-state index contributed by atoms with van der Waals surface area (Å²) in [6.07, 6.45) is 0. The number of anilines is 1. The second-order valence-corrected chi connectivity index (χ2v) is 9.11. The third kappa shape index (κ3) is 4.05. The van der Waals surface area contributed by atoms with Gasteiger partial charge in [-0.15, -0.1) is 0 Å². The highest BCUT2D eigenvalue weighted by Crippen LogP contribution is 2.48. The molecule has 0 bridgehead atoms. The zero-order valence-electron chi connectivity index (χ0n) is 20.0. The van der Waals surface area contributed by atoms with Crippen molar-refractivity contribution >= 4 is 44.1 Å². The van der Waals surface area contributed by atoms with Gasteiger partial charge in [-0.25, -0.2) is 9.37 Å². The number of benzene rings is 3. The van der Waals surface area contributed by atoms with Gasteiger partial charge in [0.2, 0.25) is 5.75 Å². The van der Waals surface area contributed by atoms with Crippen LogP contribution in [-0.2, 0) is 9.59 Å². The van der Waals surface area contributed by atoms with E-state index in [1.165, 1.54) is 44.4 Å². The Labute approximate surface area is 215 Å². The molecule has 1 amide bonds. The van der Waals surface area contributed by atoms with Gasteiger partial charge in [-0.2, -0.15) is 0 Å². The molecule has 0 aliphatic carbocycles. The van der Waals surface area contributed by atoms with Gasteiger partial charge >= 0.3 is 5.91 Å². The van der Waals surface area contributed by atoms with E-state index in [1.807, 2.05) is 0 Å². The maximum Gasteiger partial charge on any atom is 0.301 e. The lowest BCUT2D eigenvalue weighted by atomic mass is 9.95. The zero-order chi connectivity index (χ0) is 26.3. The van der Waals surface area contributed by atoms with Crippen molar-refractivity contribution in [1.29, 1.82) is 0 Å². The van der Waals surface area contributed by atoms with Crippen LogP contribution < -0.4 is 19.1 Å². The number of fused-ring (bicyclic) bond motifs is 1. The molecule has 1 unspecified atom stereocenters. The summed E-state index contributed by atoms with van der Waals surface area (Å²) in [5, 5.41) is 11.4. The number of rotatable bonds is 6. The van der Waals surface area contributed by atoms with E-state index in [0.717, 1.165) is 11.3 Å². The Hall–Kier alpha value is -4.44. The minimum absolute atomic E-state index is 0.129. The van der Waals surface area contributed by atoms with Crippen LogP contribution in [0.1, 0.15) is 17.2 Å². The van der Waals surface area contributed by atoms with Gasteiger partial charge in [0.05, 0.1) is 43.2 Å². The van der Waals surface area contributed by atoms with Crippen LogP contribution in [0.25, 0.3) is 16.0 Å². The molecule has 1 aliphatic heterocycles. The van der Waals surface area contributed by atoms with Crippen molar-refractivity contribution in [3.8, 4) is 17.2 Å². The first-order chi connectivity index (χ1) is 17.9. The van der Waals surface area contributed by atoms with Gasteiger partial charge in [0, 0.05) is 5.56 Å². The molecule has 0 spiro atoms. The molecule has 1 atom stereocenters. The second kappa shape index (κ2) is 9.55. The monoisotopic (exact) mass is 520 g/mol. The number of ketones is 1. The third-order valence-corrected chi connectivity index (χ3v) is 7.06. The average Bonchev–Trinajstić information content (AvgIpc) is 3.45. The largest absolute Gasteiger partial charge is 0.507 e. The minimum atomic E-state index is -1.08. The van der Waals surface area contributed by atoms with E-state index in [4.69, 9.17) is 14.2 Å². The molecule has 1 aliphatic rings. The fourth-order valence-electron chi connectivity index (χ4n) is 4.35. The summed E-state index contributed by atoms with van der Waals surface area (Å²) in [7, 11) is 4.36. The molecule has 4 aromatic rings. The summed E-state index contributed by atoms with van der Waals surface area (Å²) < 4.78 is 30.8. The summed E-state index contributed by atoms with van der Waals surface area (Å²) in [5.41, 5.74) is 1.12. The van der Waals surface area contributed by atoms with E-state index in [0.29, 0.717) is 38.6 Å². The number of nitrogens with zero attached hydrogens (tertiary/aromatic N) is 2. The Bertz CT molecular complexity index is 1540. The Morgan fingerprint density at radius 2 is 1.65 bits per heavy atom. The Kier molecular flexibility index (Phi) is 6.26. The number of hydrogen-bond donors (Lipinski definition) is 1. The molecule has 1 fully saturated rings. The van der Waals surface area contributed by atoms with Crippen molar-refractivity contribution in [3.63, 3.8) is 0 Å². The summed E-state index contributed by atoms with van der Waals surface area (Å²) >= 11 is 1.06. The molecular weight excluding hydrogens is 499 g/mol. The number of halogens is 1. The molecule has 2 heterocycles. The number of aliphatic hydroxyl groups is 1. The predicted molar refractivity (Wildman–Crippen MR) is 137 cm³/mol. The smallest absolute Gasteiger partial charge is 0.301 e. The van der Waals surface area contributed by atoms with E-state index in [1.54, 1.807) is 42.5 Å². The molecule has 37 heavy (non-hydrogen) atoms. The number of ether oxygens (including phenoxy) is 3. The number of amides is 1. The number of aliphatic hydroxyl groups excluding tert-OH is 1. The highest BCUT2D eigenvalue weighted by Gasteiger charge is 2.48. The van der Waals surface area contributed by atoms with E-state index in [2.05, 4.69) is 4.98 Å². The van der Waals surface area contributed by atoms with E-state index in [-0.39, 0.29) is 16.5 Å². The molecule has 8 nitrogen and oxygen atoms in total. The molecule has 5 rings (SSSR count). The summed E-state index contributed by atoms with van der Waals surface area (Å²) in [6, 6.07) is 14.7. The molecule has 1 saturated heterocycles. The first kappa shape index (κ1) is 24.3. The van der Waals surface area contributed by atoms with E-state index < -0.39 is 23.5 Å². The average molecular weight is 521 g/mol. The SMILES string of the molecule is COc1cc(C2/C(=C(\O)c3ccccc3)C(=O)C(=O)N2c2nc3ccc(F)cc3s2)cc(OC)c1OC. The van der Waals surface area contributed by atoms with Crippen LogP contribution in [0.3, 0.4) is 0 Å². The number of Topliss-reactive ketones (excluding diaryl/α,β-unsaturated/α-hetero) is 1. The maximum absolute atomic E-state index is 13.9. The number of hydrogen-bond acceptors (Lipinski definition) is 8. The summed E-state index contributed by atoms with van der Waals surface area (Å²) in [6.45, 7) is 0. The second-order valence-electron chi connectivity index (χ2n) is 8.10. The molecule has 188 valence electrons. The molecule has 1 N–H and O–H groups in total. The Balaban J connectivity index is 1.79. The van der Waals surface area contributed by atoms with Gasteiger partial charge in [0.15, 0.2) is 16.6 Å². The quantitative estimate of drug-likeness (QED) is 0.215. The van der Waals surface area contributed by atoms with Crippen LogP contribution in [0.2, 0.25) is 0 Å². The Morgan fingerprint density at radius 1 is 0.973 bits per heavy atom. The minimum Gasteiger partial charge on any atom is -0.507 e. The van der Waals surface area contributed by atoms with Crippen molar-refractivity contribution in [1.82, 2.24) is 4.98 Å². The van der Waals surface area contributed by atoms with E-state index >= 15 is 0 Å². The normalized spacial score (nSPS) is 16.9. The molecule has 0 saturated carbocycles. The van der Waals surface area contributed by atoms with Crippen LogP contribution in [0.15, 0.2) is 66.2 Å². The van der Waals surface area contributed by atoms with Crippen LogP contribution in [0.5, 0.6) is 17.2 Å². The third-order valence-electron chi connectivity index (χ3n) is 6.04. The van der Waals surface area contributed by atoms with Gasteiger partial charge in [-0.3, -0.25) is 14.5 Å². The van der Waals surface area contributed by atoms with Crippen LogP contribution in [-0.4, -0.2) is 43.1 Å². The van der Waals surface area contributed by atoms with Crippen molar-refractivity contribution in [2.24, 2.45) is 0 Å². The molecule has 3 aromatic carbocycles. The highest BCUT2D eigenvalue weighted by molar-refractivity contribution is 7.22.